The van der Waals surface area contributed by atoms with Crippen molar-refractivity contribution in [3.8, 4) is 5.82 Å². The quantitative estimate of drug-likeness (QED) is 0.811. The van der Waals surface area contributed by atoms with E-state index in [4.69, 9.17) is 11.5 Å². The fourth-order valence-electron chi connectivity index (χ4n) is 1.15. The number of hydrogen-bond acceptors (Lipinski definition) is 5. The summed E-state index contributed by atoms with van der Waals surface area (Å²) in [4.78, 5) is 18.9. The monoisotopic (exact) mass is 282 g/mol. The number of nitrogens with zero attached hydrogens (tertiary/aromatic N) is 4. The lowest BCUT2D eigenvalue weighted by Gasteiger charge is -2.02. The van der Waals surface area contributed by atoms with Crippen LogP contribution in [-0.4, -0.2) is 25.7 Å². The highest BCUT2D eigenvalue weighted by molar-refractivity contribution is 9.10. The summed E-state index contributed by atoms with van der Waals surface area (Å²) in [7, 11) is 0. The normalized spacial score (nSPS) is 10.3. The first-order chi connectivity index (χ1) is 7.59. The molecule has 0 saturated heterocycles. The zero-order chi connectivity index (χ0) is 11.7. The number of nitrogen functional groups attached to an aromatic ring is 1. The first-order valence-electron chi connectivity index (χ1n) is 4.21. The molecule has 0 aliphatic carbocycles. The summed E-state index contributed by atoms with van der Waals surface area (Å²) in [6.07, 6.45) is 4.39. The van der Waals surface area contributed by atoms with Crippen LogP contribution in [-0.2, 0) is 0 Å². The van der Waals surface area contributed by atoms with Crippen LogP contribution in [0.1, 0.15) is 10.5 Å². The number of halogens is 1. The van der Waals surface area contributed by atoms with E-state index >= 15 is 0 Å². The minimum Gasteiger partial charge on any atom is -0.381 e. The van der Waals surface area contributed by atoms with Gasteiger partial charge < -0.3 is 11.5 Å². The predicted octanol–water partition coefficient (Wildman–Crippen LogP) is 0.106. The minimum absolute atomic E-state index is 0.0394. The standard InChI is InChI=1S/C8H7BrN6O/c9-4-3-15(14-6(4)10)8-5(7(11)16)12-1-2-13-8/h1-3H,(H2,10,14)(H2,11,16). The Bertz CT molecular complexity index is 532. The van der Waals surface area contributed by atoms with Gasteiger partial charge in [0, 0.05) is 18.6 Å². The lowest BCUT2D eigenvalue weighted by molar-refractivity contribution is 0.0995. The maximum atomic E-state index is 11.1. The van der Waals surface area contributed by atoms with Crippen molar-refractivity contribution in [1.82, 2.24) is 19.7 Å². The van der Waals surface area contributed by atoms with Crippen molar-refractivity contribution < 1.29 is 4.79 Å². The molecule has 0 saturated carbocycles. The maximum absolute atomic E-state index is 11.1. The Labute approximate surface area is 98.6 Å². The Balaban J connectivity index is 2.59. The molecule has 0 aliphatic heterocycles. The van der Waals surface area contributed by atoms with E-state index in [1.165, 1.54) is 17.1 Å². The number of aromatic nitrogens is 4. The van der Waals surface area contributed by atoms with Gasteiger partial charge in [-0.25, -0.2) is 14.6 Å². The lowest BCUT2D eigenvalue weighted by atomic mass is 10.4. The number of hydrogen-bond donors (Lipinski definition) is 2. The molecule has 2 rings (SSSR count). The number of carbonyl (C=O) groups excluding carboxylic acids is 1. The van der Waals surface area contributed by atoms with Crippen molar-refractivity contribution in [2.45, 2.75) is 0 Å². The Kier molecular flexibility index (Phi) is 2.57. The van der Waals surface area contributed by atoms with Gasteiger partial charge >= 0.3 is 0 Å². The molecule has 8 heteroatoms. The van der Waals surface area contributed by atoms with Gasteiger partial charge in [0.05, 0.1) is 4.47 Å². The zero-order valence-electron chi connectivity index (χ0n) is 7.96. The molecule has 0 atom stereocenters. The van der Waals surface area contributed by atoms with Crippen molar-refractivity contribution in [2.24, 2.45) is 5.73 Å². The fraction of sp³-hybridized carbons (Fsp3) is 0. The predicted molar refractivity (Wildman–Crippen MR) is 59.8 cm³/mol. The highest BCUT2D eigenvalue weighted by atomic mass is 79.9. The van der Waals surface area contributed by atoms with Gasteiger partial charge in [0.25, 0.3) is 5.91 Å². The molecular weight excluding hydrogens is 276 g/mol. The van der Waals surface area contributed by atoms with Gasteiger partial charge in [-0.2, -0.15) is 0 Å². The summed E-state index contributed by atoms with van der Waals surface area (Å²) in [6, 6.07) is 0. The smallest absolute Gasteiger partial charge is 0.271 e. The number of anilines is 1. The maximum Gasteiger partial charge on any atom is 0.271 e. The summed E-state index contributed by atoms with van der Waals surface area (Å²) >= 11 is 3.20. The Morgan fingerprint density at radius 2 is 2.06 bits per heavy atom. The van der Waals surface area contributed by atoms with Crippen LogP contribution >= 0.6 is 15.9 Å². The number of amides is 1. The van der Waals surface area contributed by atoms with E-state index in [9.17, 15) is 4.79 Å². The third-order valence-corrected chi connectivity index (χ3v) is 2.44. The van der Waals surface area contributed by atoms with E-state index in [2.05, 4.69) is 31.0 Å². The van der Waals surface area contributed by atoms with Gasteiger partial charge in [0.1, 0.15) is 0 Å². The van der Waals surface area contributed by atoms with Crippen molar-refractivity contribution in [2.75, 3.05) is 5.73 Å². The van der Waals surface area contributed by atoms with Gasteiger partial charge in [-0.05, 0) is 15.9 Å². The average Bonchev–Trinajstić information content (AvgIpc) is 2.59. The highest BCUT2D eigenvalue weighted by Crippen LogP contribution is 2.19. The second-order valence-corrected chi connectivity index (χ2v) is 3.75. The molecule has 0 aliphatic rings. The number of nitrogens with two attached hydrogens (primary N) is 2. The zero-order valence-corrected chi connectivity index (χ0v) is 9.55. The SMILES string of the molecule is NC(=O)c1nccnc1-n1cc(Br)c(N)n1. The topological polar surface area (TPSA) is 113 Å². The van der Waals surface area contributed by atoms with Crippen LogP contribution in [0.2, 0.25) is 0 Å². The molecule has 0 aromatic carbocycles. The van der Waals surface area contributed by atoms with Gasteiger partial charge in [-0.15, -0.1) is 5.10 Å². The third kappa shape index (κ3) is 1.74. The Morgan fingerprint density at radius 3 is 2.62 bits per heavy atom. The van der Waals surface area contributed by atoms with Crippen molar-refractivity contribution in [3.63, 3.8) is 0 Å². The average molecular weight is 283 g/mol. The van der Waals surface area contributed by atoms with Crippen LogP contribution in [0.15, 0.2) is 23.1 Å². The molecule has 7 nitrogen and oxygen atoms in total. The summed E-state index contributed by atoms with van der Waals surface area (Å²) in [6.45, 7) is 0. The van der Waals surface area contributed by atoms with Crippen LogP contribution in [0.4, 0.5) is 5.82 Å². The molecule has 0 unspecified atom stereocenters. The van der Waals surface area contributed by atoms with Crippen molar-refractivity contribution >= 4 is 27.7 Å². The number of primary amides is 1. The van der Waals surface area contributed by atoms with Crippen LogP contribution in [0.25, 0.3) is 5.82 Å². The Morgan fingerprint density at radius 1 is 1.38 bits per heavy atom. The van der Waals surface area contributed by atoms with Crippen LogP contribution in [0.3, 0.4) is 0 Å². The van der Waals surface area contributed by atoms with Crippen LogP contribution in [0, 0.1) is 0 Å². The van der Waals surface area contributed by atoms with Gasteiger partial charge in [0.2, 0.25) is 0 Å². The second-order valence-electron chi connectivity index (χ2n) is 2.90. The molecule has 0 bridgehead atoms. The largest absolute Gasteiger partial charge is 0.381 e. The summed E-state index contributed by atoms with van der Waals surface area (Å²) < 4.78 is 1.94. The van der Waals surface area contributed by atoms with E-state index in [1.54, 1.807) is 6.20 Å². The molecular formula is C8H7BrN6O. The molecule has 2 heterocycles. The van der Waals surface area contributed by atoms with Crippen LogP contribution < -0.4 is 11.5 Å². The molecule has 2 aromatic heterocycles. The van der Waals surface area contributed by atoms with E-state index < -0.39 is 5.91 Å². The lowest BCUT2D eigenvalue weighted by Crippen LogP contribution is -2.18. The summed E-state index contributed by atoms with van der Waals surface area (Å²) in [5.74, 6) is -0.137. The molecule has 0 spiro atoms. The van der Waals surface area contributed by atoms with Crippen LogP contribution in [0.5, 0.6) is 0 Å². The summed E-state index contributed by atoms with van der Waals surface area (Å²) in [5.41, 5.74) is 10.8. The van der Waals surface area contributed by atoms with E-state index in [1.807, 2.05) is 0 Å². The molecule has 16 heavy (non-hydrogen) atoms. The third-order valence-electron chi connectivity index (χ3n) is 1.83. The van der Waals surface area contributed by atoms with Crippen molar-refractivity contribution in [1.29, 1.82) is 0 Å². The summed E-state index contributed by atoms with van der Waals surface area (Å²) in [5, 5.41) is 3.96. The Hall–Kier alpha value is -1.96. The van der Waals surface area contributed by atoms with Gasteiger partial charge in [-0.1, -0.05) is 0 Å². The minimum atomic E-state index is -0.673. The van der Waals surface area contributed by atoms with Crippen molar-refractivity contribution in [3.05, 3.63) is 28.8 Å². The molecule has 2 aromatic rings. The second kappa shape index (κ2) is 3.89. The van der Waals surface area contributed by atoms with Gasteiger partial charge in [-0.3, -0.25) is 4.79 Å². The van der Waals surface area contributed by atoms with E-state index in [0.717, 1.165) is 0 Å². The van der Waals surface area contributed by atoms with E-state index in [-0.39, 0.29) is 11.5 Å². The molecule has 0 fully saturated rings. The first-order valence-corrected chi connectivity index (χ1v) is 5.00. The van der Waals surface area contributed by atoms with Gasteiger partial charge in [0.15, 0.2) is 17.3 Å². The molecule has 4 N–H and O–H groups in total. The number of rotatable bonds is 2. The van der Waals surface area contributed by atoms with E-state index in [0.29, 0.717) is 10.3 Å². The molecule has 1 amide bonds. The number of carbonyl (C=O) groups is 1. The highest BCUT2D eigenvalue weighted by Gasteiger charge is 2.14. The fourth-order valence-corrected chi connectivity index (χ4v) is 1.42. The first kappa shape index (κ1) is 10.6. The molecule has 0 radical (unpaired) electrons. The molecule has 82 valence electrons.